The van der Waals surface area contributed by atoms with Crippen molar-refractivity contribution in [3.63, 3.8) is 0 Å². The van der Waals surface area contributed by atoms with E-state index in [0.29, 0.717) is 6.04 Å². The third kappa shape index (κ3) is 4.13. The maximum Gasteiger partial charge on any atom is 0.161 e. The molecule has 0 aliphatic heterocycles. The van der Waals surface area contributed by atoms with E-state index in [2.05, 4.69) is 31.3 Å². The molecule has 0 amide bonds. The second-order valence-corrected chi connectivity index (χ2v) is 5.27. The summed E-state index contributed by atoms with van der Waals surface area (Å²) in [7, 11) is 1.70. The van der Waals surface area contributed by atoms with Crippen LogP contribution in [0.4, 0.5) is 0 Å². The molecular formula is C16H25NO2. The number of benzene rings is 1. The lowest BCUT2D eigenvalue weighted by molar-refractivity contribution is 0.282. The van der Waals surface area contributed by atoms with Crippen LogP contribution in [0.25, 0.3) is 0 Å². The van der Waals surface area contributed by atoms with Gasteiger partial charge in [0.25, 0.3) is 0 Å². The number of hydrogen-bond acceptors (Lipinski definition) is 3. The van der Waals surface area contributed by atoms with Crippen molar-refractivity contribution in [3.8, 4) is 11.5 Å². The Morgan fingerprint density at radius 1 is 1.32 bits per heavy atom. The van der Waals surface area contributed by atoms with Crippen LogP contribution in [-0.4, -0.2) is 20.3 Å². The lowest BCUT2D eigenvalue weighted by Crippen LogP contribution is -2.17. The maximum atomic E-state index is 5.83. The summed E-state index contributed by atoms with van der Waals surface area (Å²) in [6.45, 7) is 6.03. The van der Waals surface area contributed by atoms with Gasteiger partial charge in [-0.25, -0.2) is 0 Å². The van der Waals surface area contributed by atoms with Gasteiger partial charge in [0, 0.05) is 6.04 Å². The predicted molar refractivity (Wildman–Crippen MR) is 77.9 cm³/mol. The lowest BCUT2D eigenvalue weighted by Gasteiger charge is -2.16. The smallest absolute Gasteiger partial charge is 0.161 e. The van der Waals surface area contributed by atoms with Crippen LogP contribution in [0.3, 0.4) is 0 Å². The summed E-state index contributed by atoms with van der Waals surface area (Å²) in [5, 5.41) is 3.40. The van der Waals surface area contributed by atoms with Crippen LogP contribution in [0, 0.1) is 5.92 Å². The number of methoxy groups -OCH3 is 1. The quantitative estimate of drug-likeness (QED) is 0.778. The fraction of sp³-hybridized carbons (Fsp3) is 0.625. The summed E-state index contributed by atoms with van der Waals surface area (Å²) in [6, 6.07) is 6.54. The molecule has 19 heavy (non-hydrogen) atoms. The molecule has 1 aromatic rings. The summed E-state index contributed by atoms with van der Waals surface area (Å²) in [6.07, 6.45) is 3.91. The molecule has 1 aromatic carbocycles. The highest BCUT2D eigenvalue weighted by molar-refractivity contribution is 5.43. The van der Waals surface area contributed by atoms with Gasteiger partial charge < -0.3 is 14.8 Å². The van der Waals surface area contributed by atoms with E-state index >= 15 is 0 Å². The molecule has 0 spiro atoms. The summed E-state index contributed by atoms with van der Waals surface area (Å²) in [5.74, 6) is 2.59. The Hall–Kier alpha value is -1.22. The van der Waals surface area contributed by atoms with Crippen LogP contribution in [-0.2, 0) is 0 Å². The van der Waals surface area contributed by atoms with Crippen molar-refractivity contribution in [2.24, 2.45) is 5.92 Å². The molecule has 1 unspecified atom stereocenters. The molecule has 1 atom stereocenters. The monoisotopic (exact) mass is 263 g/mol. The SMILES string of the molecule is CCNC(C)c1ccc(OCCC2CC2)c(OC)c1. The van der Waals surface area contributed by atoms with Gasteiger partial charge in [-0.1, -0.05) is 25.8 Å². The molecule has 0 bridgehead atoms. The second kappa shape index (κ2) is 6.80. The molecule has 0 heterocycles. The minimum absolute atomic E-state index is 0.333. The first kappa shape index (κ1) is 14.2. The topological polar surface area (TPSA) is 30.5 Å². The molecule has 1 aliphatic carbocycles. The Kier molecular flexibility index (Phi) is 5.08. The molecule has 2 rings (SSSR count). The average Bonchev–Trinajstić information content (AvgIpc) is 3.23. The van der Waals surface area contributed by atoms with Crippen molar-refractivity contribution in [2.45, 2.75) is 39.2 Å². The van der Waals surface area contributed by atoms with Crippen molar-refractivity contribution >= 4 is 0 Å². The van der Waals surface area contributed by atoms with Crippen LogP contribution in [0.2, 0.25) is 0 Å². The van der Waals surface area contributed by atoms with E-state index in [1.54, 1.807) is 7.11 Å². The molecular weight excluding hydrogens is 238 g/mol. The molecule has 106 valence electrons. The minimum atomic E-state index is 0.333. The highest BCUT2D eigenvalue weighted by Crippen LogP contribution is 2.34. The molecule has 1 saturated carbocycles. The van der Waals surface area contributed by atoms with Gasteiger partial charge in [-0.15, -0.1) is 0 Å². The number of hydrogen-bond donors (Lipinski definition) is 1. The third-order valence-corrected chi connectivity index (χ3v) is 3.68. The van der Waals surface area contributed by atoms with Gasteiger partial charge in [-0.3, -0.25) is 0 Å². The molecule has 3 heteroatoms. The fourth-order valence-electron chi connectivity index (χ4n) is 2.24. The van der Waals surface area contributed by atoms with Crippen molar-refractivity contribution in [1.82, 2.24) is 5.32 Å². The largest absolute Gasteiger partial charge is 0.493 e. The first-order valence-corrected chi connectivity index (χ1v) is 7.28. The standard InChI is InChI=1S/C16H25NO2/c1-4-17-12(2)14-7-8-15(16(11-14)18-3)19-10-9-13-5-6-13/h7-8,11-13,17H,4-6,9-10H2,1-3H3. The Balaban J connectivity index is 1.97. The van der Waals surface area contributed by atoms with Crippen LogP contribution in [0.5, 0.6) is 11.5 Å². The van der Waals surface area contributed by atoms with E-state index in [9.17, 15) is 0 Å². The molecule has 1 fully saturated rings. The van der Waals surface area contributed by atoms with E-state index < -0.39 is 0 Å². The van der Waals surface area contributed by atoms with E-state index in [0.717, 1.165) is 30.6 Å². The molecule has 0 saturated heterocycles. The van der Waals surface area contributed by atoms with Crippen LogP contribution < -0.4 is 14.8 Å². The lowest BCUT2D eigenvalue weighted by atomic mass is 10.1. The molecule has 1 N–H and O–H groups in total. The van der Waals surface area contributed by atoms with Crippen LogP contribution in [0.15, 0.2) is 18.2 Å². The summed E-state index contributed by atoms with van der Waals surface area (Å²) < 4.78 is 11.3. The van der Waals surface area contributed by atoms with E-state index in [-0.39, 0.29) is 0 Å². The Morgan fingerprint density at radius 3 is 2.74 bits per heavy atom. The second-order valence-electron chi connectivity index (χ2n) is 5.27. The number of ether oxygens (including phenoxy) is 2. The maximum absolute atomic E-state index is 5.83. The van der Waals surface area contributed by atoms with Gasteiger partial charge in [0.15, 0.2) is 11.5 Å². The van der Waals surface area contributed by atoms with Gasteiger partial charge in [-0.05, 0) is 43.5 Å². The van der Waals surface area contributed by atoms with Crippen molar-refractivity contribution in [3.05, 3.63) is 23.8 Å². The van der Waals surface area contributed by atoms with Gasteiger partial charge in [0.2, 0.25) is 0 Å². The van der Waals surface area contributed by atoms with Gasteiger partial charge >= 0.3 is 0 Å². The zero-order chi connectivity index (χ0) is 13.7. The summed E-state index contributed by atoms with van der Waals surface area (Å²) in [5.41, 5.74) is 1.23. The first-order chi connectivity index (χ1) is 9.24. The van der Waals surface area contributed by atoms with Gasteiger partial charge in [-0.2, -0.15) is 0 Å². The van der Waals surface area contributed by atoms with Crippen LogP contribution >= 0.6 is 0 Å². The average molecular weight is 263 g/mol. The first-order valence-electron chi connectivity index (χ1n) is 7.28. The third-order valence-electron chi connectivity index (χ3n) is 3.68. The Bertz CT molecular complexity index is 402. The molecule has 0 aromatic heterocycles. The molecule has 3 nitrogen and oxygen atoms in total. The van der Waals surface area contributed by atoms with Crippen LogP contribution in [0.1, 0.15) is 44.7 Å². The fourth-order valence-corrected chi connectivity index (χ4v) is 2.24. The van der Waals surface area contributed by atoms with E-state index in [1.807, 2.05) is 6.07 Å². The number of rotatable bonds is 8. The highest BCUT2D eigenvalue weighted by atomic mass is 16.5. The van der Waals surface area contributed by atoms with Gasteiger partial charge in [0.1, 0.15) is 0 Å². The highest BCUT2D eigenvalue weighted by Gasteiger charge is 2.21. The summed E-state index contributed by atoms with van der Waals surface area (Å²) in [4.78, 5) is 0. The molecule has 1 aliphatic rings. The molecule has 0 radical (unpaired) electrons. The predicted octanol–water partition coefficient (Wildman–Crippen LogP) is 3.54. The van der Waals surface area contributed by atoms with E-state index in [4.69, 9.17) is 9.47 Å². The zero-order valence-corrected chi connectivity index (χ0v) is 12.2. The summed E-state index contributed by atoms with van der Waals surface area (Å²) >= 11 is 0. The van der Waals surface area contributed by atoms with Crippen molar-refractivity contribution < 1.29 is 9.47 Å². The van der Waals surface area contributed by atoms with Gasteiger partial charge in [0.05, 0.1) is 13.7 Å². The number of nitrogens with one attached hydrogen (secondary N) is 1. The van der Waals surface area contributed by atoms with E-state index in [1.165, 1.54) is 24.8 Å². The minimum Gasteiger partial charge on any atom is -0.493 e. The Labute approximate surface area is 116 Å². The van der Waals surface area contributed by atoms with Crippen molar-refractivity contribution in [2.75, 3.05) is 20.3 Å². The van der Waals surface area contributed by atoms with Crippen molar-refractivity contribution in [1.29, 1.82) is 0 Å². The normalized spacial score (nSPS) is 16.2. The zero-order valence-electron chi connectivity index (χ0n) is 12.2. The Morgan fingerprint density at radius 2 is 2.11 bits per heavy atom.